The minimum absolute atomic E-state index is 0.255. The molecule has 2 rings (SSSR count). The standard InChI is InChI=1S/C17H18ClN3O2/c1-12(20-15-8-3-4-9-16(15)23-2)17(22)21-19-11-13-6-5-7-14(18)10-13/h3-12,20H,1-2H3,(H,21,22)/b19-11-/t12-/m0/s1. The molecule has 6 heteroatoms. The highest BCUT2D eigenvalue weighted by Gasteiger charge is 2.13. The van der Waals surface area contributed by atoms with Gasteiger partial charge in [-0.25, -0.2) is 5.43 Å². The van der Waals surface area contributed by atoms with E-state index in [0.717, 1.165) is 11.3 Å². The number of hydrogen-bond acceptors (Lipinski definition) is 4. The Morgan fingerprint density at radius 2 is 2.04 bits per heavy atom. The molecule has 0 heterocycles. The lowest BCUT2D eigenvalue weighted by Crippen LogP contribution is -2.35. The van der Waals surface area contributed by atoms with Gasteiger partial charge >= 0.3 is 0 Å². The van der Waals surface area contributed by atoms with Gasteiger partial charge in [-0.05, 0) is 36.8 Å². The van der Waals surface area contributed by atoms with Crippen LogP contribution in [0.25, 0.3) is 0 Å². The maximum atomic E-state index is 12.0. The molecule has 0 spiro atoms. The topological polar surface area (TPSA) is 62.7 Å². The van der Waals surface area contributed by atoms with Gasteiger partial charge in [-0.3, -0.25) is 4.79 Å². The lowest BCUT2D eigenvalue weighted by atomic mass is 10.2. The molecule has 0 aliphatic heterocycles. The van der Waals surface area contributed by atoms with Crippen molar-refractivity contribution in [2.45, 2.75) is 13.0 Å². The van der Waals surface area contributed by atoms with E-state index in [-0.39, 0.29) is 5.91 Å². The van der Waals surface area contributed by atoms with Crippen LogP contribution in [0.5, 0.6) is 5.75 Å². The van der Waals surface area contributed by atoms with Gasteiger partial charge in [-0.15, -0.1) is 0 Å². The zero-order chi connectivity index (χ0) is 16.7. The summed E-state index contributed by atoms with van der Waals surface area (Å²) in [7, 11) is 1.58. The summed E-state index contributed by atoms with van der Waals surface area (Å²) in [5.41, 5.74) is 4.05. The molecule has 0 aromatic heterocycles. The van der Waals surface area contributed by atoms with Crippen molar-refractivity contribution < 1.29 is 9.53 Å². The quantitative estimate of drug-likeness (QED) is 0.630. The number of benzene rings is 2. The first-order valence-corrected chi connectivity index (χ1v) is 7.46. The normalized spacial score (nSPS) is 12.0. The van der Waals surface area contributed by atoms with E-state index in [0.29, 0.717) is 10.8 Å². The van der Waals surface area contributed by atoms with Crippen LogP contribution in [0.15, 0.2) is 53.6 Å². The molecule has 2 aromatic carbocycles. The summed E-state index contributed by atoms with van der Waals surface area (Å²) < 4.78 is 5.24. The predicted octanol–water partition coefficient (Wildman–Crippen LogP) is 3.30. The molecule has 1 amide bonds. The number of anilines is 1. The number of methoxy groups -OCH3 is 1. The highest BCUT2D eigenvalue weighted by molar-refractivity contribution is 6.30. The minimum Gasteiger partial charge on any atom is -0.495 e. The molecule has 0 unspecified atom stereocenters. The fourth-order valence-corrected chi connectivity index (χ4v) is 2.12. The number of nitrogens with zero attached hydrogens (tertiary/aromatic N) is 1. The number of ether oxygens (including phenoxy) is 1. The number of carbonyl (C=O) groups is 1. The summed E-state index contributed by atoms with van der Waals surface area (Å²) >= 11 is 5.88. The van der Waals surface area contributed by atoms with Gasteiger partial charge in [0.2, 0.25) is 0 Å². The van der Waals surface area contributed by atoms with Crippen molar-refractivity contribution in [1.29, 1.82) is 0 Å². The molecule has 0 aliphatic carbocycles. The first kappa shape index (κ1) is 16.8. The third kappa shape index (κ3) is 5.00. The van der Waals surface area contributed by atoms with Crippen LogP contribution >= 0.6 is 11.6 Å². The Hall–Kier alpha value is -2.53. The number of nitrogens with one attached hydrogen (secondary N) is 2. The third-order valence-electron chi connectivity index (χ3n) is 3.11. The van der Waals surface area contributed by atoms with Gasteiger partial charge < -0.3 is 10.1 Å². The van der Waals surface area contributed by atoms with Crippen molar-refractivity contribution in [1.82, 2.24) is 5.43 Å². The highest BCUT2D eigenvalue weighted by atomic mass is 35.5. The zero-order valence-electron chi connectivity index (χ0n) is 12.9. The summed E-state index contributed by atoms with van der Waals surface area (Å²) in [4.78, 5) is 12.0. The fraction of sp³-hybridized carbons (Fsp3) is 0.176. The van der Waals surface area contributed by atoms with Crippen molar-refractivity contribution >= 4 is 29.4 Å². The average Bonchev–Trinajstić information content (AvgIpc) is 2.55. The van der Waals surface area contributed by atoms with Crippen LogP contribution in [0, 0.1) is 0 Å². The zero-order valence-corrected chi connectivity index (χ0v) is 13.7. The molecule has 120 valence electrons. The molecule has 0 saturated heterocycles. The Morgan fingerprint density at radius 1 is 1.26 bits per heavy atom. The van der Waals surface area contributed by atoms with Gasteiger partial charge in [-0.2, -0.15) is 5.10 Å². The smallest absolute Gasteiger partial charge is 0.262 e. The number of halogens is 1. The first-order chi connectivity index (χ1) is 11.1. The maximum absolute atomic E-state index is 12.0. The Balaban J connectivity index is 1.92. The van der Waals surface area contributed by atoms with Crippen LogP contribution in [-0.4, -0.2) is 25.3 Å². The number of rotatable bonds is 6. The summed E-state index contributed by atoms with van der Waals surface area (Å²) in [6.07, 6.45) is 1.54. The van der Waals surface area contributed by atoms with Crippen LogP contribution in [-0.2, 0) is 4.79 Å². The van der Waals surface area contributed by atoms with Crippen LogP contribution < -0.4 is 15.5 Å². The molecule has 1 atom stereocenters. The molecule has 2 aromatic rings. The van der Waals surface area contributed by atoms with E-state index in [4.69, 9.17) is 16.3 Å². The van der Waals surface area contributed by atoms with Crippen molar-refractivity contribution in [3.05, 3.63) is 59.1 Å². The number of para-hydroxylation sites is 2. The molecular weight excluding hydrogens is 314 g/mol. The molecule has 0 fully saturated rings. The van der Waals surface area contributed by atoms with Crippen molar-refractivity contribution in [3.63, 3.8) is 0 Å². The molecule has 0 aliphatic rings. The fourth-order valence-electron chi connectivity index (χ4n) is 1.92. The van der Waals surface area contributed by atoms with E-state index in [1.54, 1.807) is 32.4 Å². The van der Waals surface area contributed by atoms with E-state index in [2.05, 4.69) is 15.8 Å². The molecule has 0 radical (unpaired) electrons. The SMILES string of the molecule is COc1ccccc1N[C@@H](C)C(=O)N/N=C\c1cccc(Cl)c1. The molecule has 23 heavy (non-hydrogen) atoms. The first-order valence-electron chi connectivity index (χ1n) is 7.08. The minimum atomic E-state index is -0.470. The third-order valence-corrected chi connectivity index (χ3v) is 3.34. The summed E-state index contributed by atoms with van der Waals surface area (Å²) in [6, 6.07) is 14.1. The second kappa shape index (κ2) is 8.19. The molecule has 0 bridgehead atoms. The Bertz CT molecular complexity index is 704. The summed E-state index contributed by atoms with van der Waals surface area (Å²) in [5, 5.41) is 7.64. The largest absolute Gasteiger partial charge is 0.495 e. The average molecular weight is 332 g/mol. The van der Waals surface area contributed by atoms with Crippen LogP contribution in [0.1, 0.15) is 12.5 Å². The maximum Gasteiger partial charge on any atom is 0.262 e. The van der Waals surface area contributed by atoms with Gasteiger partial charge in [0.25, 0.3) is 5.91 Å². The predicted molar refractivity (Wildman–Crippen MR) is 93.3 cm³/mol. The number of amides is 1. The highest BCUT2D eigenvalue weighted by Crippen LogP contribution is 2.23. The molecule has 2 N–H and O–H groups in total. The van der Waals surface area contributed by atoms with E-state index in [9.17, 15) is 4.79 Å². The number of hydrogen-bond donors (Lipinski definition) is 2. The van der Waals surface area contributed by atoms with Crippen molar-refractivity contribution in [3.8, 4) is 5.75 Å². The lowest BCUT2D eigenvalue weighted by molar-refractivity contribution is -0.121. The number of carbonyl (C=O) groups excluding carboxylic acids is 1. The van der Waals surface area contributed by atoms with Gasteiger partial charge in [0.05, 0.1) is 19.0 Å². The van der Waals surface area contributed by atoms with Gasteiger partial charge in [0.1, 0.15) is 11.8 Å². The van der Waals surface area contributed by atoms with Gasteiger partial charge in [-0.1, -0.05) is 35.9 Å². The van der Waals surface area contributed by atoms with E-state index >= 15 is 0 Å². The summed E-state index contributed by atoms with van der Waals surface area (Å²) in [5.74, 6) is 0.420. The molecular formula is C17H18ClN3O2. The van der Waals surface area contributed by atoms with Gasteiger partial charge in [0.15, 0.2) is 0 Å². The lowest BCUT2D eigenvalue weighted by Gasteiger charge is -2.15. The van der Waals surface area contributed by atoms with Gasteiger partial charge in [0, 0.05) is 5.02 Å². The number of hydrazone groups is 1. The second-order valence-electron chi connectivity index (χ2n) is 4.86. The molecule has 5 nitrogen and oxygen atoms in total. The van der Waals surface area contributed by atoms with E-state index < -0.39 is 6.04 Å². The second-order valence-corrected chi connectivity index (χ2v) is 5.29. The molecule has 0 saturated carbocycles. The van der Waals surface area contributed by atoms with E-state index in [1.165, 1.54) is 0 Å². The van der Waals surface area contributed by atoms with Crippen LogP contribution in [0.3, 0.4) is 0 Å². The Morgan fingerprint density at radius 3 is 2.78 bits per heavy atom. The Kier molecular flexibility index (Phi) is 6.00. The van der Waals surface area contributed by atoms with Crippen molar-refractivity contribution in [2.24, 2.45) is 5.10 Å². The Labute approximate surface area is 140 Å². The van der Waals surface area contributed by atoms with E-state index in [1.807, 2.05) is 36.4 Å². The monoisotopic (exact) mass is 331 g/mol. The summed E-state index contributed by atoms with van der Waals surface area (Å²) in [6.45, 7) is 1.75. The van der Waals surface area contributed by atoms with Crippen LogP contribution in [0.4, 0.5) is 5.69 Å². The van der Waals surface area contributed by atoms with Crippen LogP contribution in [0.2, 0.25) is 5.02 Å². The van der Waals surface area contributed by atoms with Crippen molar-refractivity contribution in [2.75, 3.05) is 12.4 Å².